The number of benzene rings is 2. The van der Waals surface area contributed by atoms with E-state index in [1.54, 1.807) is 17.0 Å². The van der Waals surface area contributed by atoms with Gasteiger partial charge in [0.25, 0.3) is 0 Å². The van der Waals surface area contributed by atoms with E-state index in [9.17, 15) is 9.59 Å². The van der Waals surface area contributed by atoms with Gasteiger partial charge in [-0.05, 0) is 48.1 Å². The highest BCUT2D eigenvalue weighted by atomic mass is 35.5. The van der Waals surface area contributed by atoms with Gasteiger partial charge >= 0.3 is 0 Å². The van der Waals surface area contributed by atoms with Crippen LogP contribution in [0.25, 0.3) is 0 Å². The average Bonchev–Trinajstić information content (AvgIpc) is 3.28. The van der Waals surface area contributed by atoms with Gasteiger partial charge < -0.3 is 20.4 Å². The molecule has 4 rings (SSSR count). The van der Waals surface area contributed by atoms with Gasteiger partial charge in [0.15, 0.2) is 0 Å². The molecule has 8 heteroatoms. The second kappa shape index (κ2) is 11.8. The Labute approximate surface area is 224 Å². The van der Waals surface area contributed by atoms with Crippen LogP contribution >= 0.6 is 23.2 Å². The molecular weight excluding hydrogens is 495 g/mol. The Kier molecular flexibility index (Phi) is 8.81. The molecule has 2 amide bonds. The van der Waals surface area contributed by atoms with Crippen LogP contribution in [0.3, 0.4) is 0 Å². The molecule has 0 spiro atoms. The number of likely N-dealkylation sites (tertiary alicyclic amines) is 1. The lowest BCUT2D eigenvalue weighted by Crippen LogP contribution is -2.56. The molecular formula is C28H36Cl2N4O2. The third-order valence-corrected chi connectivity index (χ3v) is 7.78. The lowest BCUT2D eigenvalue weighted by Gasteiger charge is -2.40. The molecule has 0 saturated carbocycles. The molecule has 2 saturated heterocycles. The summed E-state index contributed by atoms with van der Waals surface area (Å²) in [7, 11) is 0. The van der Waals surface area contributed by atoms with Crippen molar-refractivity contribution in [2.75, 3.05) is 37.6 Å². The number of hydrogen-bond acceptors (Lipinski definition) is 4. The van der Waals surface area contributed by atoms with Crippen molar-refractivity contribution in [1.82, 2.24) is 9.80 Å². The number of hydrogen-bond donors (Lipinski definition) is 1. The van der Waals surface area contributed by atoms with Crippen molar-refractivity contribution >= 4 is 40.7 Å². The topological polar surface area (TPSA) is 69.9 Å². The van der Waals surface area contributed by atoms with Gasteiger partial charge in [0.1, 0.15) is 6.04 Å². The molecule has 1 unspecified atom stereocenters. The summed E-state index contributed by atoms with van der Waals surface area (Å²) >= 11 is 12.5. The largest absolute Gasteiger partial charge is 0.368 e. The predicted octanol–water partition coefficient (Wildman–Crippen LogP) is 4.92. The van der Waals surface area contributed by atoms with Crippen molar-refractivity contribution in [1.29, 1.82) is 0 Å². The maximum Gasteiger partial charge on any atom is 0.245 e. The molecule has 2 N–H and O–H groups in total. The van der Waals surface area contributed by atoms with E-state index >= 15 is 0 Å². The van der Waals surface area contributed by atoms with Gasteiger partial charge in [-0.3, -0.25) is 9.59 Å². The monoisotopic (exact) mass is 530 g/mol. The highest BCUT2D eigenvalue weighted by Crippen LogP contribution is 2.30. The molecule has 2 aromatic carbocycles. The van der Waals surface area contributed by atoms with Crippen LogP contribution in [0, 0.1) is 5.92 Å². The number of nitrogens with zero attached hydrogens (tertiary/aromatic N) is 3. The number of carbonyl (C=O) groups is 2. The third-order valence-electron chi connectivity index (χ3n) is 7.19. The summed E-state index contributed by atoms with van der Waals surface area (Å²) in [5.41, 5.74) is 9.68. The van der Waals surface area contributed by atoms with Crippen LogP contribution < -0.4 is 10.6 Å². The van der Waals surface area contributed by atoms with Gasteiger partial charge in [0.05, 0.1) is 0 Å². The second-order valence-electron chi connectivity index (χ2n) is 10.3. The quantitative estimate of drug-likeness (QED) is 0.525. The van der Waals surface area contributed by atoms with Gasteiger partial charge in [0, 0.05) is 67.3 Å². The minimum atomic E-state index is -0.558. The lowest BCUT2D eigenvalue weighted by molar-refractivity contribution is -0.143. The van der Waals surface area contributed by atoms with Crippen molar-refractivity contribution < 1.29 is 9.59 Å². The molecule has 0 radical (unpaired) electrons. The van der Waals surface area contributed by atoms with Crippen LogP contribution in [-0.2, 0) is 16.0 Å². The smallest absolute Gasteiger partial charge is 0.245 e. The maximum absolute atomic E-state index is 13.8. The number of anilines is 1. The van der Waals surface area contributed by atoms with E-state index in [-0.39, 0.29) is 17.9 Å². The van der Waals surface area contributed by atoms with Gasteiger partial charge in [-0.2, -0.15) is 0 Å². The van der Waals surface area contributed by atoms with Gasteiger partial charge in [-0.1, -0.05) is 61.3 Å². The first-order valence-corrected chi connectivity index (χ1v) is 13.6. The number of carbonyl (C=O) groups excluding carboxylic acids is 2. The van der Waals surface area contributed by atoms with E-state index in [1.807, 2.05) is 23.1 Å². The predicted molar refractivity (Wildman–Crippen MR) is 147 cm³/mol. The van der Waals surface area contributed by atoms with Crippen molar-refractivity contribution in [3.63, 3.8) is 0 Å². The van der Waals surface area contributed by atoms with E-state index in [1.165, 1.54) is 0 Å². The Morgan fingerprint density at radius 3 is 2.39 bits per heavy atom. The Morgan fingerprint density at radius 2 is 1.75 bits per heavy atom. The Balaban J connectivity index is 1.48. The van der Waals surface area contributed by atoms with E-state index in [0.29, 0.717) is 48.4 Å². The normalized spacial score (nSPS) is 18.2. The fraction of sp³-hybridized carbons (Fsp3) is 0.500. The summed E-state index contributed by atoms with van der Waals surface area (Å²) in [6.07, 6.45) is 2.57. The van der Waals surface area contributed by atoms with Crippen LogP contribution in [0.5, 0.6) is 0 Å². The van der Waals surface area contributed by atoms with Gasteiger partial charge in [-0.25, -0.2) is 0 Å². The summed E-state index contributed by atoms with van der Waals surface area (Å²) in [5, 5.41) is 1.07. The SMILES string of the molecule is CC(C)C[C@@H](N)c1ccccc1N1CCN(C(=O)C(Cc2ccc(Cl)cc2Cl)N2CCCC2=O)CC1. The second-order valence-corrected chi connectivity index (χ2v) is 11.1. The van der Waals surface area contributed by atoms with Crippen LogP contribution in [0.4, 0.5) is 5.69 Å². The van der Waals surface area contributed by atoms with Crippen LogP contribution in [0.15, 0.2) is 42.5 Å². The molecule has 2 heterocycles. The molecule has 194 valence electrons. The number of nitrogens with two attached hydrogens (primary N) is 1. The average molecular weight is 532 g/mol. The minimum absolute atomic E-state index is 0.0132. The van der Waals surface area contributed by atoms with Gasteiger partial charge in [-0.15, -0.1) is 0 Å². The van der Waals surface area contributed by atoms with E-state index in [0.717, 1.165) is 42.7 Å². The molecule has 0 aromatic heterocycles. The Bertz CT molecular complexity index is 1080. The Hall–Kier alpha value is -2.28. The number of amides is 2. The molecule has 2 aliphatic heterocycles. The first-order valence-electron chi connectivity index (χ1n) is 12.9. The first-order chi connectivity index (χ1) is 17.2. The van der Waals surface area contributed by atoms with Crippen molar-refractivity contribution in [2.24, 2.45) is 11.7 Å². The Morgan fingerprint density at radius 1 is 1.03 bits per heavy atom. The summed E-state index contributed by atoms with van der Waals surface area (Å²) in [4.78, 5) is 32.4. The summed E-state index contributed by atoms with van der Waals surface area (Å²) in [5.74, 6) is 0.535. The summed E-state index contributed by atoms with van der Waals surface area (Å²) < 4.78 is 0. The molecule has 2 atom stereocenters. The number of rotatable bonds is 8. The summed E-state index contributed by atoms with van der Waals surface area (Å²) in [6, 6.07) is 13.1. The lowest BCUT2D eigenvalue weighted by atomic mass is 9.96. The van der Waals surface area contributed by atoms with E-state index in [4.69, 9.17) is 28.9 Å². The standard InChI is InChI=1S/C28H36Cl2N4O2/c1-19(2)16-24(31)22-6-3-4-7-25(22)32-12-14-33(15-13-32)28(36)26(34-11-5-8-27(34)35)17-20-9-10-21(29)18-23(20)30/h3-4,6-7,9-10,18-19,24,26H,5,8,11-17,31H2,1-2H3/t24-,26?/m1/s1. The zero-order valence-electron chi connectivity index (χ0n) is 21.1. The molecule has 0 aliphatic carbocycles. The van der Waals surface area contributed by atoms with Crippen molar-refractivity contribution in [2.45, 2.75) is 51.6 Å². The summed E-state index contributed by atoms with van der Waals surface area (Å²) in [6.45, 7) is 7.61. The van der Waals surface area contributed by atoms with Crippen LogP contribution in [-0.4, -0.2) is 60.4 Å². The highest BCUT2D eigenvalue weighted by molar-refractivity contribution is 6.35. The van der Waals surface area contributed by atoms with Crippen LogP contribution in [0.2, 0.25) is 10.0 Å². The van der Waals surface area contributed by atoms with E-state index in [2.05, 4.69) is 30.9 Å². The van der Waals surface area contributed by atoms with Crippen molar-refractivity contribution in [3.05, 3.63) is 63.6 Å². The first kappa shape index (κ1) is 26.8. The molecule has 6 nitrogen and oxygen atoms in total. The molecule has 2 aromatic rings. The fourth-order valence-corrected chi connectivity index (χ4v) is 5.81. The molecule has 2 fully saturated rings. The zero-order valence-corrected chi connectivity index (χ0v) is 22.6. The zero-order chi connectivity index (χ0) is 25.8. The van der Waals surface area contributed by atoms with E-state index < -0.39 is 6.04 Å². The maximum atomic E-state index is 13.8. The molecule has 0 bridgehead atoms. The van der Waals surface area contributed by atoms with Crippen molar-refractivity contribution in [3.8, 4) is 0 Å². The van der Waals surface area contributed by atoms with Gasteiger partial charge in [0.2, 0.25) is 11.8 Å². The molecule has 2 aliphatic rings. The molecule has 36 heavy (non-hydrogen) atoms. The minimum Gasteiger partial charge on any atom is -0.368 e. The third kappa shape index (κ3) is 6.16. The number of para-hydroxylation sites is 1. The highest BCUT2D eigenvalue weighted by Gasteiger charge is 2.37. The fourth-order valence-electron chi connectivity index (χ4n) is 5.33. The number of halogens is 2. The van der Waals surface area contributed by atoms with Crippen LogP contribution in [0.1, 0.15) is 50.3 Å². The number of piperazine rings is 1.